The fourth-order valence-corrected chi connectivity index (χ4v) is 3.52. The van der Waals surface area contributed by atoms with Crippen LogP contribution in [-0.2, 0) is 28.8 Å². The van der Waals surface area contributed by atoms with Crippen molar-refractivity contribution in [1.29, 1.82) is 0 Å². The van der Waals surface area contributed by atoms with Gasteiger partial charge in [0.2, 0.25) is 23.6 Å². The number of nitrogens with zero attached hydrogens (tertiary/aromatic N) is 1. The Morgan fingerprint density at radius 3 is 2.27 bits per heavy atom. The molecule has 1 aliphatic heterocycles. The molecule has 1 fully saturated rings. The maximum absolute atomic E-state index is 13.3. The van der Waals surface area contributed by atoms with E-state index < -0.39 is 66.2 Å². The van der Waals surface area contributed by atoms with Crippen molar-refractivity contribution in [2.45, 2.75) is 76.5 Å². The number of carbonyl (C=O) groups is 6. The first kappa shape index (κ1) is 27.8. The van der Waals surface area contributed by atoms with Gasteiger partial charge in [0.1, 0.15) is 18.1 Å². The molecule has 0 aromatic carbocycles. The SMILES string of the molecule is CCC(C)C(NC(=O)C(N)CC(=O)O)C(=O)N1CCCC1C(=O)NC(CCC(N)=O)C(=O)O. The third kappa shape index (κ3) is 8.33. The van der Waals surface area contributed by atoms with Crippen LogP contribution in [0.5, 0.6) is 0 Å². The smallest absolute Gasteiger partial charge is 0.326 e. The topological polar surface area (TPSA) is 222 Å². The summed E-state index contributed by atoms with van der Waals surface area (Å²) in [6.45, 7) is 3.75. The molecule has 0 aromatic rings. The van der Waals surface area contributed by atoms with Crippen molar-refractivity contribution in [3.63, 3.8) is 0 Å². The van der Waals surface area contributed by atoms with E-state index in [1.54, 1.807) is 13.8 Å². The Labute approximate surface area is 191 Å². The molecule has 5 atom stereocenters. The minimum Gasteiger partial charge on any atom is -0.481 e. The van der Waals surface area contributed by atoms with Crippen LogP contribution in [0.25, 0.3) is 0 Å². The van der Waals surface area contributed by atoms with Crippen LogP contribution in [0.15, 0.2) is 0 Å². The first-order valence-electron chi connectivity index (χ1n) is 10.8. The van der Waals surface area contributed by atoms with Crippen LogP contribution >= 0.6 is 0 Å². The molecule has 1 saturated heterocycles. The van der Waals surface area contributed by atoms with E-state index in [1.165, 1.54) is 4.90 Å². The highest BCUT2D eigenvalue weighted by molar-refractivity contribution is 5.95. The average Bonchev–Trinajstić information content (AvgIpc) is 3.22. The number of carboxylic acid groups (broad SMARTS) is 2. The summed E-state index contributed by atoms with van der Waals surface area (Å²) >= 11 is 0. The lowest BCUT2D eigenvalue weighted by atomic mass is 9.96. The highest BCUT2D eigenvalue weighted by Gasteiger charge is 2.40. The predicted molar refractivity (Wildman–Crippen MR) is 114 cm³/mol. The first-order chi connectivity index (χ1) is 15.4. The average molecular weight is 472 g/mol. The molecule has 1 rings (SSSR count). The molecule has 0 aromatic heterocycles. The molecule has 0 radical (unpaired) electrons. The standard InChI is InChI=1S/C20H33N5O8/c1-3-10(2)16(24-17(29)11(21)9-15(27)28)19(31)25-8-4-5-13(25)18(30)23-12(20(32)33)6-7-14(22)26/h10-13,16H,3-9,21H2,1-2H3,(H2,22,26)(H,23,30)(H,24,29)(H,27,28)(H,32,33). The van der Waals surface area contributed by atoms with Gasteiger partial charge in [-0.15, -0.1) is 0 Å². The van der Waals surface area contributed by atoms with Crippen molar-refractivity contribution >= 4 is 35.6 Å². The van der Waals surface area contributed by atoms with Gasteiger partial charge in [-0.2, -0.15) is 0 Å². The third-order valence-corrected chi connectivity index (χ3v) is 5.64. The number of rotatable bonds is 13. The molecule has 33 heavy (non-hydrogen) atoms. The number of hydrogen-bond donors (Lipinski definition) is 6. The van der Waals surface area contributed by atoms with E-state index in [1.807, 2.05) is 0 Å². The normalized spacial score (nSPS) is 19.1. The quantitative estimate of drug-likeness (QED) is 0.177. The second kappa shape index (κ2) is 12.7. The second-order valence-electron chi connectivity index (χ2n) is 8.17. The summed E-state index contributed by atoms with van der Waals surface area (Å²) < 4.78 is 0. The fraction of sp³-hybridized carbons (Fsp3) is 0.700. The molecule has 0 spiro atoms. The van der Waals surface area contributed by atoms with E-state index >= 15 is 0 Å². The van der Waals surface area contributed by atoms with Crippen molar-refractivity contribution in [3.8, 4) is 0 Å². The fourth-order valence-electron chi connectivity index (χ4n) is 3.52. The monoisotopic (exact) mass is 471 g/mol. The van der Waals surface area contributed by atoms with Crippen LogP contribution < -0.4 is 22.1 Å². The summed E-state index contributed by atoms with van der Waals surface area (Å²) in [4.78, 5) is 72.9. The van der Waals surface area contributed by atoms with Crippen LogP contribution in [0.3, 0.4) is 0 Å². The van der Waals surface area contributed by atoms with Crippen molar-refractivity contribution in [2.75, 3.05) is 6.54 Å². The molecular weight excluding hydrogens is 438 g/mol. The Kier molecular flexibility index (Phi) is 10.7. The molecule has 186 valence electrons. The van der Waals surface area contributed by atoms with E-state index in [4.69, 9.17) is 16.6 Å². The van der Waals surface area contributed by atoms with E-state index in [0.29, 0.717) is 19.3 Å². The van der Waals surface area contributed by atoms with Gasteiger partial charge in [-0.05, 0) is 25.2 Å². The molecule has 13 nitrogen and oxygen atoms in total. The van der Waals surface area contributed by atoms with Gasteiger partial charge in [0.25, 0.3) is 0 Å². The van der Waals surface area contributed by atoms with Gasteiger partial charge < -0.3 is 37.2 Å². The Hall–Kier alpha value is -3.22. The van der Waals surface area contributed by atoms with Crippen LogP contribution in [0.1, 0.15) is 52.4 Å². The molecule has 0 bridgehead atoms. The number of nitrogens with two attached hydrogens (primary N) is 2. The van der Waals surface area contributed by atoms with Gasteiger partial charge in [-0.3, -0.25) is 24.0 Å². The Morgan fingerprint density at radius 2 is 1.76 bits per heavy atom. The second-order valence-corrected chi connectivity index (χ2v) is 8.17. The predicted octanol–water partition coefficient (Wildman–Crippen LogP) is -1.85. The van der Waals surface area contributed by atoms with Gasteiger partial charge in [0.15, 0.2) is 0 Å². The molecule has 8 N–H and O–H groups in total. The number of likely N-dealkylation sites (tertiary alicyclic amines) is 1. The van der Waals surface area contributed by atoms with Crippen molar-refractivity contribution in [2.24, 2.45) is 17.4 Å². The maximum atomic E-state index is 13.3. The number of carboxylic acids is 2. The molecule has 4 amide bonds. The highest BCUT2D eigenvalue weighted by Crippen LogP contribution is 2.22. The van der Waals surface area contributed by atoms with E-state index in [0.717, 1.165) is 0 Å². The minimum atomic E-state index is -1.35. The maximum Gasteiger partial charge on any atom is 0.326 e. The summed E-state index contributed by atoms with van der Waals surface area (Å²) in [5.74, 6) is -5.67. The lowest BCUT2D eigenvalue weighted by Crippen LogP contribution is -2.58. The number of hydrogen-bond acceptors (Lipinski definition) is 7. The van der Waals surface area contributed by atoms with Crippen molar-refractivity contribution in [1.82, 2.24) is 15.5 Å². The Morgan fingerprint density at radius 1 is 1.12 bits per heavy atom. The summed E-state index contributed by atoms with van der Waals surface area (Å²) in [5.41, 5.74) is 10.6. The number of nitrogens with one attached hydrogen (secondary N) is 2. The summed E-state index contributed by atoms with van der Waals surface area (Å²) in [5, 5.41) is 23.0. The largest absolute Gasteiger partial charge is 0.481 e. The number of carbonyl (C=O) groups excluding carboxylic acids is 4. The van der Waals surface area contributed by atoms with Crippen molar-refractivity contribution < 1.29 is 39.0 Å². The van der Waals surface area contributed by atoms with E-state index in [2.05, 4.69) is 10.6 Å². The van der Waals surface area contributed by atoms with Crippen molar-refractivity contribution in [3.05, 3.63) is 0 Å². The van der Waals surface area contributed by atoms with Crippen LogP contribution in [-0.4, -0.2) is 81.4 Å². The molecule has 13 heteroatoms. The zero-order valence-electron chi connectivity index (χ0n) is 18.8. The van der Waals surface area contributed by atoms with Gasteiger partial charge in [-0.1, -0.05) is 20.3 Å². The van der Waals surface area contributed by atoms with Crippen LogP contribution in [0.4, 0.5) is 0 Å². The summed E-state index contributed by atoms with van der Waals surface area (Å²) in [6.07, 6.45) is 0.253. The summed E-state index contributed by atoms with van der Waals surface area (Å²) in [6, 6.07) is -4.69. The van der Waals surface area contributed by atoms with Gasteiger partial charge >= 0.3 is 11.9 Å². The summed E-state index contributed by atoms with van der Waals surface area (Å²) in [7, 11) is 0. The van der Waals surface area contributed by atoms with Crippen LogP contribution in [0, 0.1) is 5.92 Å². The zero-order valence-corrected chi connectivity index (χ0v) is 18.8. The molecule has 0 aliphatic carbocycles. The number of amides is 4. The van der Waals surface area contributed by atoms with E-state index in [-0.39, 0.29) is 25.3 Å². The lowest BCUT2D eigenvalue weighted by Gasteiger charge is -2.32. The van der Waals surface area contributed by atoms with Crippen LogP contribution in [0.2, 0.25) is 0 Å². The van der Waals surface area contributed by atoms with Gasteiger partial charge in [0.05, 0.1) is 12.5 Å². The van der Waals surface area contributed by atoms with E-state index in [9.17, 15) is 33.9 Å². The third-order valence-electron chi connectivity index (χ3n) is 5.64. The Balaban J connectivity index is 2.97. The number of aliphatic carboxylic acids is 2. The molecular formula is C20H33N5O8. The Bertz CT molecular complexity index is 774. The first-order valence-corrected chi connectivity index (χ1v) is 10.8. The zero-order chi connectivity index (χ0) is 25.3. The highest BCUT2D eigenvalue weighted by atomic mass is 16.4. The molecule has 1 heterocycles. The van der Waals surface area contributed by atoms with Gasteiger partial charge in [-0.25, -0.2) is 4.79 Å². The minimum absolute atomic E-state index is 0.190. The molecule has 5 unspecified atom stereocenters. The molecule has 1 aliphatic rings. The van der Waals surface area contributed by atoms with Gasteiger partial charge in [0, 0.05) is 13.0 Å². The number of primary amides is 1. The molecule has 0 saturated carbocycles. The lowest BCUT2D eigenvalue weighted by molar-refractivity contribution is -0.145.